The number of hydrogen-bond donors (Lipinski definition) is 0. The molecule has 136 valence electrons. The minimum atomic E-state index is 0.963. The highest BCUT2D eigenvalue weighted by Gasteiger charge is 2.13. The summed E-state index contributed by atoms with van der Waals surface area (Å²) in [5.74, 6) is 1.96. The molecule has 0 amide bonds. The fraction of sp³-hybridized carbons (Fsp3) is 0.429. The number of methoxy groups -OCH3 is 2. The van der Waals surface area contributed by atoms with Gasteiger partial charge in [0.05, 0.1) is 21.4 Å². The molecule has 25 heavy (non-hydrogen) atoms. The molecule has 0 unspecified atom stereocenters. The van der Waals surface area contributed by atoms with Gasteiger partial charge in [-0.05, 0) is 111 Å². The van der Waals surface area contributed by atoms with Crippen molar-refractivity contribution in [3.63, 3.8) is 0 Å². The van der Waals surface area contributed by atoms with Gasteiger partial charge >= 0.3 is 0 Å². The second kappa shape index (κ2) is 10.00. The van der Waals surface area contributed by atoms with Gasteiger partial charge in [0.2, 0.25) is 0 Å². The minimum Gasteiger partial charge on any atom is -0.496 e. The minimum absolute atomic E-state index is 0.963. The van der Waals surface area contributed by atoms with E-state index in [1.807, 2.05) is 0 Å². The third-order valence-corrected chi connectivity index (χ3v) is 6.05. The lowest BCUT2D eigenvalue weighted by Gasteiger charge is -2.17. The van der Waals surface area contributed by atoms with E-state index in [-0.39, 0.29) is 0 Å². The summed E-state index contributed by atoms with van der Waals surface area (Å²) in [4.78, 5) is 0. The Hall–Kier alpha value is -0.500. The van der Waals surface area contributed by atoms with E-state index in [0.717, 1.165) is 43.6 Å². The van der Waals surface area contributed by atoms with Crippen LogP contribution in [0.2, 0.25) is 0 Å². The maximum absolute atomic E-state index is 5.52. The molecule has 0 N–H and O–H groups in total. The van der Waals surface area contributed by atoms with E-state index in [4.69, 9.17) is 9.47 Å². The number of halogens is 2. The highest BCUT2D eigenvalue weighted by Crippen LogP contribution is 2.31. The van der Waals surface area contributed by atoms with Crippen molar-refractivity contribution in [2.45, 2.75) is 46.0 Å². The lowest BCUT2D eigenvalue weighted by molar-refractivity contribution is 0.411. The van der Waals surface area contributed by atoms with Gasteiger partial charge in [-0.25, -0.2) is 0 Å². The van der Waals surface area contributed by atoms with Gasteiger partial charge < -0.3 is 9.47 Å². The molecule has 0 spiro atoms. The first-order valence-electron chi connectivity index (χ1n) is 8.74. The predicted octanol–water partition coefficient (Wildman–Crippen LogP) is 6.41. The molecule has 0 saturated carbocycles. The Labute approximate surface area is 179 Å². The molecule has 0 radical (unpaired) electrons. The number of ether oxygens (including phenoxy) is 2. The lowest BCUT2D eigenvalue weighted by Crippen LogP contribution is -2.03. The fourth-order valence-corrected chi connectivity index (χ4v) is 4.63. The Morgan fingerprint density at radius 1 is 0.680 bits per heavy atom. The smallest absolute Gasteiger partial charge is 0.132 e. The van der Waals surface area contributed by atoms with Gasteiger partial charge in [0.25, 0.3) is 0 Å². The van der Waals surface area contributed by atoms with E-state index < -0.39 is 0 Å². The summed E-state index contributed by atoms with van der Waals surface area (Å²) in [7, 11) is 3.50. The SMILES string of the molecule is CCCc1cc(OC)c(I)cc1Cc1cc(I)c(OC)cc1CCC. The zero-order chi connectivity index (χ0) is 18.4. The second-order valence-electron chi connectivity index (χ2n) is 6.19. The molecule has 0 bridgehead atoms. The van der Waals surface area contributed by atoms with Gasteiger partial charge in [-0.15, -0.1) is 0 Å². The Bertz CT molecular complexity index is 665. The van der Waals surface area contributed by atoms with Crippen LogP contribution in [0.25, 0.3) is 0 Å². The first-order chi connectivity index (χ1) is 12.0. The van der Waals surface area contributed by atoms with Gasteiger partial charge in [-0.3, -0.25) is 0 Å². The van der Waals surface area contributed by atoms with Gasteiger partial charge in [-0.2, -0.15) is 0 Å². The van der Waals surface area contributed by atoms with Crippen LogP contribution in [0, 0.1) is 7.14 Å². The average molecular weight is 564 g/mol. The Balaban J connectivity index is 2.47. The monoisotopic (exact) mass is 564 g/mol. The molecule has 2 nitrogen and oxygen atoms in total. The number of aryl methyl sites for hydroxylation is 2. The van der Waals surface area contributed by atoms with Crippen molar-refractivity contribution in [2.75, 3.05) is 14.2 Å². The Morgan fingerprint density at radius 3 is 1.40 bits per heavy atom. The molecular weight excluding hydrogens is 538 g/mol. The van der Waals surface area contributed by atoms with Gasteiger partial charge in [0.15, 0.2) is 0 Å². The summed E-state index contributed by atoms with van der Waals surface area (Å²) in [5.41, 5.74) is 5.61. The van der Waals surface area contributed by atoms with Crippen LogP contribution < -0.4 is 9.47 Å². The van der Waals surface area contributed by atoms with Crippen LogP contribution in [-0.4, -0.2) is 14.2 Å². The molecule has 4 heteroatoms. The predicted molar refractivity (Wildman–Crippen MR) is 122 cm³/mol. The van der Waals surface area contributed by atoms with E-state index in [0.29, 0.717) is 0 Å². The van der Waals surface area contributed by atoms with Crippen LogP contribution in [0.5, 0.6) is 11.5 Å². The maximum Gasteiger partial charge on any atom is 0.132 e. The van der Waals surface area contributed by atoms with Crippen molar-refractivity contribution in [1.29, 1.82) is 0 Å². The summed E-state index contributed by atoms with van der Waals surface area (Å²) in [6.45, 7) is 4.46. The normalized spacial score (nSPS) is 10.8. The van der Waals surface area contributed by atoms with Crippen LogP contribution in [0.3, 0.4) is 0 Å². The van der Waals surface area contributed by atoms with Crippen molar-refractivity contribution in [1.82, 2.24) is 0 Å². The van der Waals surface area contributed by atoms with Crippen molar-refractivity contribution in [3.8, 4) is 11.5 Å². The lowest BCUT2D eigenvalue weighted by atomic mass is 9.93. The van der Waals surface area contributed by atoms with E-state index >= 15 is 0 Å². The Kier molecular flexibility index (Phi) is 8.32. The first kappa shape index (κ1) is 20.8. The van der Waals surface area contributed by atoms with Crippen LogP contribution in [0.4, 0.5) is 0 Å². The third kappa shape index (κ3) is 5.25. The molecule has 0 heterocycles. The number of benzene rings is 2. The molecule has 0 aliphatic carbocycles. The fourth-order valence-electron chi connectivity index (χ4n) is 3.12. The quantitative estimate of drug-likeness (QED) is 0.346. The molecule has 2 rings (SSSR count). The number of rotatable bonds is 8. The van der Waals surface area contributed by atoms with Gasteiger partial charge in [0.1, 0.15) is 11.5 Å². The zero-order valence-electron chi connectivity index (χ0n) is 15.4. The molecule has 2 aromatic carbocycles. The summed E-state index contributed by atoms with van der Waals surface area (Å²) in [6, 6.07) is 9.01. The van der Waals surface area contributed by atoms with Crippen molar-refractivity contribution in [3.05, 3.63) is 53.7 Å². The van der Waals surface area contributed by atoms with Crippen LogP contribution in [-0.2, 0) is 19.3 Å². The highest BCUT2D eigenvalue weighted by atomic mass is 127. The van der Waals surface area contributed by atoms with Crippen molar-refractivity contribution >= 4 is 45.2 Å². The summed E-state index contributed by atoms with van der Waals surface area (Å²) in [5, 5.41) is 0. The first-order valence-corrected chi connectivity index (χ1v) is 10.9. The van der Waals surface area contributed by atoms with Gasteiger partial charge in [-0.1, -0.05) is 26.7 Å². The molecule has 0 aliphatic rings. The van der Waals surface area contributed by atoms with Crippen LogP contribution in [0.15, 0.2) is 24.3 Å². The summed E-state index contributed by atoms with van der Waals surface area (Å²) >= 11 is 4.74. The summed E-state index contributed by atoms with van der Waals surface area (Å²) < 4.78 is 13.4. The Morgan fingerprint density at radius 2 is 1.08 bits per heavy atom. The van der Waals surface area contributed by atoms with Crippen LogP contribution in [0.1, 0.15) is 48.9 Å². The average Bonchev–Trinajstić information content (AvgIpc) is 2.59. The van der Waals surface area contributed by atoms with Crippen molar-refractivity contribution in [2.24, 2.45) is 0 Å². The van der Waals surface area contributed by atoms with E-state index in [1.54, 1.807) is 14.2 Å². The highest BCUT2D eigenvalue weighted by molar-refractivity contribution is 14.1. The van der Waals surface area contributed by atoms with E-state index in [9.17, 15) is 0 Å². The standard InChI is InChI=1S/C21H26I2O2/c1-5-7-14-12-20(24-3)18(22)10-16(14)9-17-11-19(23)21(25-4)13-15(17)8-6-2/h10-13H,5-9H2,1-4H3. The molecule has 0 saturated heterocycles. The van der Waals surface area contributed by atoms with E-state index in [1.165, 1.54) is 29.4 Å². The van der Waals surface area contributed by atoms with Crippen molar-refractivity contribution < 1.29 is 9.47 Å². The molecule has 0 aromatic heterocycles. The molecule has 0 aliphatic heterocycles. The zero-order valence-corrected chi connectivity index (χ0v) is 19.7. The molecule has 0 fully saturated rings. The molecule has 2 aromatic rings. The van der Waals surface area contributed by atoms with E-state index in [2.05, 4.69) is 83.3 Å². The van der Waals surface area contributed by atoms with Crippen LogP contribution >= 0.6 is 45.2 Å². The topological polar surface area (TPSA) is 18.5 Å². The third-order valence-electron chi connectivity index (χ3n) is 4.37. The number of hydrogen-bond acceptors (Lipinski definition) is 2. The van der Waals surface area contributed by atoms with Gasteiger partial charge in [0, 0.05) is 0 Å². The molecular formula is C21H26I2O2. The molecule has 0 atom stereocenters. The maximum atomic E-state index is 5.52. The summed E-state index contributed by atoms with van der Waals surface area (Å²) in [6.07, 6.45) is 5.40. The largest absolute Gasteiger partial charge is 0.496 e. The second-order valence-corrected chi connectivity index (χ2v) is 8.51.